The van der Waals surface area contributed by atoms with Crippen LogP contribution in [0.2, 0.25) is 0 Å². The summed E-state index contributed by atoms with van der Waals surface area (Å²) in [6.07, 6.45) is 1.78. The van der Waals surface area contributed by atoms with Crippen LogP contribution in [0, 0.1) is 13.8 Å². The summed E-state index contributed by atoms with van der Waals surface area (Å²) in [6.45, 7) is 8.08. The van der Waals surface area contributed by atoms with Crippen molar-refractivity contribution in [2.45, 2.75) is 32.6 Å². The molecule has 2 aromatic rings. The minimum Gasteiger partial charge on any atom is -0.482 e. The molecule has 0 bridgehead atoms. The number of hydrogen-bond donors (Lipinski definition) is 1. The monoisotopic (exact) mass is 346 g/mol. The quantitative estimate of drug-likeness (QED) is 0.775. The number of aromatic nitrogens is 1. The Labute approximate surface area is 146 Å². The van der Waals surface area contributed by atoms with E-state index in [4.69, 9.17) is 9.47 Å². The van der Waals surface area contributed by atoms with Crippen LogP contribution in [0.4, 0.5) is 5.69 Å². The van der Waals surface area contributed by atoms with E-state index in [2.05, 4.69) is 10.3 Å². The number of carbonyl (C=O) groups excluding carboxylic acids is 1. The smallest absolute Gasteiger partial charge is 0.262 e. The van der Waals surface area contributed by atoms with Crippen molar-refractivity contribution >= 4 is 23.4 Å². The Morgan fingerprint density at radius 2 is 1.92 bits per heavy atom. The maximum atomic E-state index is 10.9. The van der Waals surface area contributed by atoms with Gasteiger partial charge in [0.2, 0.25) is 0 Å². The van der Waals surface area contributed by atoms with E-state index < -0.39 is 0 Å². The van der Waals surface area contributed by atoms with Crippen molar-refractivity contribution < 1.29 is 14.3 Å². The predicted molar refractivity (Wildman–Crippen MR) is 97.0 cm³/mol. The maximum absolute atomic E-state index is 10.9. The third-order valence-corrected chi connectivity index (χ3v) is 4.03. The average Bonchev–Trinajstić information content (AvgIpc) is 3.04. The van der Waals surface area contributed by atoms with Crippen molar-refractivity contribution in [2.24, 2.45) is 0 Å². The second kappa shape index (κ2) is 8.59. The van der Waals surface area contributed by atoms with E-state index in [1.165, 1.54) is 4.90 Å². The van der Waals surface area contributed by atoms with Gasteiger partial charge in [-0.2, -0.15) is 0 Å². The van der Waals surface area contributed by atoms with Crippen LogP contribution in [0.5, 0.6) is 11.5 Å². The first-order valence-electron chi connectivity index (χ1n) is 7.87. The van der Waals surface area contributed by atoms with Crippen molar-refractivity contribution in [2.75, 3.05) is 17.9 Å². The van der Waals surface area contributed by atoms with E-state index in [9.17, 15) is 4.79 Å². The number of anilines is 1. The molecule has 3 heterocycles. The first kappa shape index (κ1) is 18.1. The van der Waals surface area contributed by atoms with Gasteiger partial charge in [-0.3, -0.25) is 9.78 Å². The van der Waals surface area contributed by atoms with Crippen LogP contribution in [0.3, 0.4) is 0 Å². The van der Waals surface area contributed by atoms with Crippen molar-refractivity contribution in [3.05, 3.63) is 41.7 Å². The molecule has 2 aliphatic rings. The molecule has 0 unspecified atom stereocenters. The molecule has 6 heteroatoms. The molecular formula is C18H22N2O3S. The summed E-state index contributed by atoms with van der Waals surface area (Å²) in [4.78, 5) is 16.2. The van der Waals surface area contributed by atoms with Gasteiger partial charge < -0.3 is 14.8 Å². The zero-order valence-electron chi connectivity index (χ0n) is 14.4. The molecule has 5 nitrogen and oxygen atoms in total. The van der Waals surface area contributed by atoms with Gasteiger partial charge in [0.1, 0.15) is 11.7 Å². The molecule has 0 saturated heterocycles. The van der Waals surface area contributed by atoms with Gasteiger partial charge in [0.05, 0.1) is 16.8 Å². The molecule has 128 valence electrons. The summed E-state index contributed by atoms with van der Waals surface area (Å²) in [5.74, 6) is 2.32. The van der Waals surface area contributed by atoms with Gasteiger partial charge in [-0.1, -0.05) is 31.7 Å². The maximum Gasteiger partial charge on any atom is 0.262 e. The van der Waals surface area contributed by atoms with Gasteiger partial charge in [-0.05, 0) is 37.6 Å². The lowest BCUT2D eigenvalue weighted by molar-refractivity contribution is -0.118. The van der Waals surface area contributed by atoms with E-state index in [1.807, 2.05) is 52.0 Å². The highest BCUT2D eigenvalue weighted by Gasteiger charge is 2.14. The van der Waals surface area contributed by atoms with Crippen LogP contribution in [-0.2, 0) is 4.79 Å². The zero-order valence-corrected chi connectivity index (χ0v) is 15.2. The standard InChI is InChI=1S/C9H9NO2.C7H7NOS.C2H6/c1-6-2-3-8-7(4-6)10-9(11)5-12-8;1-5-2-7-6(3-8-5)9-4-10-7;1-2/h2-4H,5H2,1H3,(H,10,11);2-3H,4H2,1H3;1-2H3. The van der Waals surface area contributed by atoms with Crippen molar-refractivity contribution in [3.8, 4) is 11.5 Å². The van der Waals surface area contributed by atoms with Gasteiger partial charge in [-0.25, -0.2) is 0 Å². The van der Waals surface area contributed by atoms with Gasteiger partial charge >= 0.3 is 0 Å². The van der Waals surface area contributed by atoms with E-state index in [-0.39, 0.29) is 12.5 Å². The Kier molecular flexibility index (Phi) is 6.49. The van der Waals surface area contributed by atoms with Gasteiger partial charge in [0.25, 0.3) is 5.91 Å². The number of rotatable bonds is 0. The molecule has 0 atom stereocenters. The van der Waals surface area contributed by atoms with E-state index in [0.29, 0.717) is 0 Å². The molecule has 0 saturated carbocycles. The number of benzene rings is 1. The van der Waals surface area contributed by atoms with Gasteiger partial charge in [-0.15, -0.1) is 0 Å². The van der Waals surface area contributed by atoms with Crippen LogP contribution in [0.15, 0.2) is 35.4 Å². The van der Waals surface area contributed by atoms with Crippen LogP contribution in [-0.4, -0.2) is 23.4 Å². The Hall–Kier alpha value is -2.21. The molecule has 1 aromatic heterocycles. The van der Waals surface area contributed by atoms with Gasteiger partial charge in [0.15, 0.2) is 12.4 Å². The molecule has 0 fully saturated rings. The molecule has 0 aliphatic carbocycles. The first-order chi connectivity index (χ1) is 11.6. The molecule has 1 amide bonds. The lowest BCUT2D eigenvalue weighted by Crippen LogP contribution is -2.25. The highest BCUT2D eigenvalue weighted by Crippen LogP contribution is 2.35. The number of nitrogens with zero attached hydrogens (tertiary/aromatic N) is 1. The fraction of sp³-hybridized carbons (Fsp3) is 0.333. The fourth-order valence-corrected chi connectivity index (χ4v) is 2.92. The Morgan fingerprint density at radius 3 is 2.71 bits per heavy atom. The largest absolute Gasteiger partial charge is 0.482 e. The topological polar surface area (TPSA) is 60.5 Å². The first-order valence-corrected chi connectivity index (χ1v) is 8.86. The molecule has 1 aromatic carbocycles. The number of amides is 1. The highest BCUT2D eigenvalue weighted by molar-refractivity contribution is 7.99. The van der Waals surface area contributed by atoms with Crippen molar-refractivity contribution in [1.82, 2.24) is 4.98 Å². The predicted octanol–water partition coefficient (Wildman–Crippen LogP) is 4.18. The van der Waals surface area contributed by atoms with Gasteiger partial charge in [0, 0.05) is 5.69 Å². The number of pyridine rings is 1. The summed E-state index contributed by atoms with van der Waals surface area (Å²) in [7, 11) is 0. The minimum atomic E-state index is -0.0897. The second-order valence-electron chi connectivity index (χ2n) is 5.02. The summed E-state index contributed by atoms with van der Waals surface area (Å²) >= 11 is 1.72. The summed E-state index contributed by atoms with van der Waals surface area (Å²) < 4.78 is 10.4. The molecule has 24 heavy (non-hydrogen) atoms. The second-order valence-corrected chi connectivity index (χ2v) is 5.98. The zero-order chi connectivity index (χ0) is 17.5. The minimum absolute atomic E-state index is 0.0897. The third-order valence-electron chi connectivity index (χ3n) is 3.17. The number of fused-ring (bicyclic) bond motifs is 2. The normalized spacial score (nSPS) is 13.6. The summed E-state index contributed by atoms with van der Waals surface area (Å²) in [5.41, 5.74) is 2.93. The van der Waals surface area contributed by atoms with Crippen LogP contribution in [0.25, 0.3) is 0 Å². The van der Waals surface area contributed by atoms with E-state index in [0.717, 1.165) is 34.4 Å². The molecule has 1 N–H and O–H groups in total. The number of aryl methyl sites for hydroxylation is 2. The molecule has 4 rings (SSSR count). The SMILES string of the molecule is CC.Cc1cc2c(cn1)OCS2.Cc1ccc2c(c1)NC(=O)CO2. The Morgan fingerprint density at radius 1 is 1.12 bits per heavy atom. The number of hydrogen-bond acceptors (Lipinski definition) is 5. The number of carbonyl (C=O) groups is 1. The summed E-state index contributed by atoms with van der Waals surface area (Å²) in [6, 6.07) is 7.76. The number of thioether (sulfide) groups is 1. The van der Waals surface area contributed by atoms with E-state index >= 15 is 0 Å². The lowest BCUT2D eigenvalue weighted by Gasteiger charge is -2.17. The Bertz CT molecular complexity index is 719. The molecule has 0 spiro atoms. The van der Waals surface area contributed by atoms with Crippen LogP contribution in [0.1, 0.15) is 25.1 Å². The average molecular weight is 346 g/mol. The molecular weight excluding hydrogens is 324 g/mol. The van der Waals surface area contributed by atoms with Crippen LogP contribution < -0.4 is 14.8 Å². The van der Waals surface area contributed by atoms with E-state index in [1.54, 1.807) is 18.0 Å². The Balaban J connectivity index is 0.000000160. The summed E-state index contributed by atoms with van der Waals surface area (Å²) in [5, 5.41) is 2.74. The fourth-order valence-electron chi connectivity index (χ4n) is 2.10. The lowest BCUT2D eigenvalue weighted by atomic mass is 10.2. The highest BCUT2D eigenvalue weighted by atomic mass is 32.2. The van der Waals surface area contributed by atoms with Crippen molar-refractivity contribution in [3.63, 3.8) is 0 Å². The number of nitrogens with one attached hydrogen (secondary N) is 1. The van der Waals surface area contributed by atoms with Crippen molar-refractivity contribution in [1.29, 1.82) is 0 Å². The molecule has 2 aliphatic heterocycles. The third kappa shape index (κ3) is 4.64. The van der Waals surface area contributed by atoms with Crippen LogP contribution >= 0.6 is 11.8 Å². The number of ether oxygens (including phenoxy) is 2. The molecule has 0 radical (unpaired) electrons.